The topological polar surface area (TPSA) is 105 Å². The van der Waals surface area contributed by atoms with Crippen LogP contribution in [0.2, 0.25) is 0 Å². The van der Waals surface area contributed by atoms with Crippen molar-refractivity contribution in [1.29, 1.82) is 0 Å². The minimum absolute atomic E-state index is 0.169. The summed E-state index contributed by atoms with van der Waals surface area (Å²) in [5, 5.41) is 4.41. The number of hydrogen-bond donors (Lipinski definition) is 2. The van der Waals surface area contributed by atoms with Crippen LogP contribution < -0.4 is 15.4 Å². The number of nitrogens with one attached hydrogen (secondary N) is 2. The van der Waals surface area contributed by atoms with Gasteiger partial charge in [0.2, 0.25) is 10.0 Å². The molecule has 1 aromatic carbocycles. The van der Waals surface area contributed by atoms with Crippen LogP contribution in [0, 0.1) is 5.82 Å². The van der Waals surface area contributed by atoms with Crippen LogP contribution in [0.25, 0.3) is 0 Å². The number of imide groups is 1. The van der Waals surface area contributed by atoms with E-state index < -0.39 is 33.3 Å². The minimum Gasteiger partial charge on any atom is -0.490 e. The van der Waals surface area contributed by atoms with Crippen molar-refractivity contribution in [2.24, 2.45) is 0 Å². The number of piperidine rings is 1. The Labute approximate surface area is 150 Å². The third-order valence-electron chi connectivity index (χ3n) is 4.50. The maximum absolute atomic E-state index is 12.9. The molecule has 1 atom stereocenters. The van der Waals surface area contributed by atoms with Crippen LogP contribution in [-0.4, -0.2) is 55.1 Å². The summed E-state index contributed by atoms with van der Waals surface area (Å²) < 4.78 is 45.2. The molecule has 0 unspecified atom stereocenters. The van der Waals surface area contributed by atoms with Gasteiger partial charge in [0.25, 0.3) is 5.91 Å². The molecule has 8 nitrogen and oxygen atoms in total. The monoisotopic (exact) mass is 385 g/mol. The number of carbonyl (C=O) groups excluding carboxylic acids is 2. The smallest absolute Gasteiger partial charge is 0.322 e. The van der Waals surface area contributed by atoms with Crippen LogP contribution in [-0.2, 0) is 14.8 Å². The molecule has 10 heteroatoms. The fourth-order valence-electron chi connectivity index (χ4n) is 3.07. The van der Waals surface area contributed by atoms with E-state index in [1.165, 1.54) is 35.5 Å². The molecule has 2 aliphatic rings. The van der Waals surface area contributed by atoms with Gasteiger partial charge in [-0.15, -0.1) is 0 Å². The van der Waals surface area contributed by atoms with Gasteiger partial charge in [-0.25, -0.2) is 21.9 Å². The lowest BCUT2D eigenvalue weighted by molar-refractivity contribution is -0.122. The Morgan fingerprint density at radius 3 is 2.38 bits per heavy atom. The van der Waals surface area contributed by atoms with Gasteiger partial charge in [-0.1, -0.05) is 0 Å². The first kappa shape index (κ1) is 18.6. The number of urea groups is 1. The lowest BCUT2D eigenvalue weighted by Crippen LogP contribution is -2.53. The van der Waals surface area contributed by atoms with Crippen LogP contribution in [0.1, 0.15) is 19.8 Å². The van der Waals surface area contributed by atoms with E-state index in [4.69, 9.17) is 4.74 Å². The largest absolute Gasteiger partial charge is 0.490 e. The Morgan fingerprint density at radius 1 is 1.23 bits per heavy atom. The summed E-state index contributed by atoms with van der Waals surface area (Å²) in [7, 11) is -3.73. The van der Waals surface area contributed by atoms with Gasteiger partial charge in [0.05, 0.1) is 5.75 Å². The quantitative estimate of drug-likeness (QED) is 0.722. The summed E-state index contributed by atoms with van der Waals surface area (Å²) in [5.74, 6) is -0.970. The van der Waals surface area contributed by atoms with E-state index in [1.54, 1.807) is 0 Å². The Balaban J connectivity index is 1.57. The Morgan fingerprint density at radius 2 is 1.85 bits per heavy atom. The second-order valence-corrected chi connectivity index (χ2v) is 8.64. The number of hydrogen-bond acceptors (Lipinski definition) is 5. The average Bonchev–Trinajstić information content (AvgIpc) is 2.81. The maximum Gasteiger partial charge on any atom is 0.322 e. The van der Waals surface area contributed by atoms with Gasteiger partial charge in [0.1, 0.15) is 23.2 Å². The van der Waals surface area contributed by atoms with Crippen molar-refractivity contribution >= 4 is 22.0 Å². The first-order valence-corrected chi connectivity index (χ1v) is 9.82. The van der Waals surface area contributed by atoms with Crippen molar-refractivity contribution in [2.75, 3.05) is 18.8 Å². The Bertz CT molecular complexity index is 806. The molecule has 2 aliphatic heterocycles. The first-order valence-electron chi connectivity index (χ1n) is 8.22. The van der Waals surface area contributed by atoms with E-state index in [0.29, 0.717) is 18.6 Å². The van der Waals surface area contributed by atoms with E-state index >= 15 is 0 Å². The van der Waals surface area contributed by atoms with E-state index in [2.05, 4.69) is 10.6 Å². The third kappa shape index (κ3) is 3.96. The predicted molar refractivity (Wildman–Crippen MR) is 90.5 cm³/mol. The highest BCUT2D eigenvalue weighted by Crippen LogP contribution is 2.23. The van der Waals surface area contributed by atoms with Crippen molar-refractivity contribution < 1.29 is 27.1 Å². The van der Waals surface area contributed by atoms with Crippen molar-refractivity contribution in [3.8, 4) is 5.75 Å². The SMILES string of the molecule is C[C@]1(CS(=O)(=O)N2CCC(Oc3ccc(F)cc3)CC2)NC(=O)NC1=O. The number of amides is 3. The molecule has 142 valence electrons. The van der Waals surface area contributed by atoms with Gasteiger partial charge in [-0.05, 0) is 44.0 Å². The second kappa shape index (κ2) is 6.84. The number of carbonyl (C=O) groups is 2. The molecular formula is C16H20FN3O5S. The van der Waals surface area contributed by atoms with Crippen molar-refractivity contribution in [3.05, 3.63) is 30.1 Å². The zero-order valence-electron chi connectivity index (χ0n) is 14.2. The van der Waals surface area contributed by atoms with E-state index in [1.807, 2.05) is 0 Å². The molecule has 26 heavy (non-hydrogen) atoms. The highest BCUT2D eigenvalue weighted by molar-refractivity contribution is 7.89. The van der Waals surface area contributed by atoms with Gasteiger partial charge in [-0.2, -0.15) is 0 Å². The van der Waals surface area contributed by atoms with E-state index in [-0.39, 0.29) is 25.0 Å². The summed E-state index contributed by atoms with van der Waals surface area (Å²) >= 11 is 0. The Kier molecular flexibility index (Phi) is 4.89. The fraction of sp³-hybridized carbons (Fsp3) is 0.500. The standard InChI is InChI=1S/C16H20FN3O5S/c1-16(14(21)18-15(22)19-16)10-26(23,24)20-8-6-13(7-9-20)25-12-4-2-11(17)3-5-12/h2-5,13H,6-10H2,1H3,(H2,18,19,21,22)/t16-/m1/s1. The molecule has 0 bridgehead atoms. The zero-order chi connectivity index (χ0) is 18.9. The number of sulfonamides is 1. The minimum atomic E-state index is -3.73. The molecule has 2 N–H and O–H groups in total. The molecular weight excluding hydrogens is 365 g/mol. The first-order chi connectivity index (χ1) is 12.2. The van der Waals surface area contributed by atoms with Crippen LogP contribution in [0.3, 0.4) is 0 Å². The number of ether oxygens (including phenoxy) is 1. The fourth-order valence-corrected chi connectivity index (χ4v) is 4.95. The average molecular weight is 385 g/mol. The van der Waals surface area contributed by atoms with Crippen LogP contribution in [0.4, 0.5) is 9.18 Å². The Hall–Kier alpha value is -2.20. The number of halogens is 1. The maximum atomic E-state index is 12.9. The van der Waals surface area contributed by atoms with Gasteiger partial charge < -0.3 is 10.1 Å². The van der Waals surface area contributed by atoms with Crippen molar-refractivity contribution in [1.82, 2.24) is 14.9 Å². The predicted octanol–water partition coefficient (Wildman–Crippen LogP) is 0.597. The molecule has 3 rings (SSSR count). The molecule has 0 saturated carbocycles. The highest BCUT2D eigenvalue weighted by atomic mass is 32.2. The van der Waals surface area contributed by atoms with Crippen LogP contribution in [0.5, 0.6) is 5.75 Å². The lowest BCUT2D eigenvalue weighted by atomic mass is 10.1. The van der Waals surface area contributed by atoms with Crippen LogP contribution in [0.15, 0.2) is 24.3 Å². The molecule has 0 aliphatic carbocycles. The van der Waals surface area contributed by atoms with Crippen molar-refractivity contribution in [2.45, 2.75) is 31.4 Å². The molecule has 0 radical (unpaired) electrons. The summed E-state index contributed by atoms with van der Waals surface area (Å²) in [4.78, 5) is 23.1. The number of nitrogens with zero attached hydrogens (tertiary/aromatic N) is 1. The zero-order valence-corrected chi connectivity index (χ0v) is 15.0. The lowest BCUT2D eigenvalue weighted by Gasteiger charge is -2.33. The normalized spacial score (nSPS) is 25.0. The number of benzene rings is 1. The summed E-state index contributed by atoms with van der Waals surface area (Å²) in [6.45, 7) is 1.88. The number of rotatable bonds is 5. The molecule has 1 aromatic rings. The summed E-state index contributed by atoms with van der Waals surface area (Å²) in [6.07, 6.45) is 0.787. The third-order valence-corrected chi connectivity index (χ3v) is 6.59. The molecule has 0 spiro atoms. The van der Waals surface area contributed by atoms with Gasteiger partial charge in [-0.3, -0.25) is 10.1 Å². The molecule has 0 aromatic heterocycles. The van der Waals surface area contributed by atoms with Gasteiger partial charge >= 0.3 is 6.03 Å². The molecule has 2 fully saturated rings. The van der Waals surface area contributed by atoms with E-state index in [9.17, 15) is 22.4 Å². The van der Waals surface area contributed by atoms with E-state index in [0.717, 1.165) is 0 Å². The highest BCUT2D eigenvalue weighted by Gasteiger charge is 2.46. The summed E-state index contributed by atoms with van der Waals surface area (Å²) in [5.41, 5.74) is -1.47. The summed E-state index contributed by atoms with van der Waals surface area (Å²) in [6, 6.07) is 4.97. The van der Waals surface area contributed by atoms with Gasteiger partial charge in [0, 0.05) is 13.1 Å². The van der Waals surface area contributed by atoms with Crippen LogP contribution >= 0.6 is 0 Å². The molecule has 3 amide bonds. The second-order valence-electron chi connectivity index (χ2n) is 6.67. The molecule has 2 saturated heterocycles. The van der Waals surface area contributed by atoms with Crippen molar-refractivity contribution in [3.63, 3.8) is 0 Å². The van der Waals surface area contributed by atoms with Gasteiger partial charge in [0.15, 0.2) is 0 Å². The molecule has 2 heterocycles.